The minimum absolute atomic E-state index is 0.00200. The summed E-state index contributed by atoms with van der Waals surface area (Å²) in [6.07, 6.45) is 13.5. The average molecular weight is 950 g/mol. The quantitative estimate of drug-likeness (QED) is 0.0574. The molecule has 2 amide bonds. The first-order chi connectivity index (χ1) is 32.9. The van der Waals surface area contributed by atoms with Gasteiger partial charge >= 0.3 is 0 Å². The third-order valence-corrected chi connectivity index (χ3v) is 12.8. The highest BCUT2D eigenvalue weighted by Crippen LogP contribution is 2.28. The fourth-order valence-corrected chi connectivity index (χ4v) is 8.23. The van der Waals surface area contributed by atoms with Crippen molar-refractivity contribution >= 4 is 29.7 Å². The molecule has 0 saturated carbocycles. The van der Waals surface area contributed by atoms with Crippen LogP contribution in [0.15, 0.2) is 12.4 Å². The number of nitrogens with two attached hydrogens (primary N) is 3. The highest BCUT2D eigenvalue weighted by molar-refractivity contribution is 5.81. The minimum atomic E-state index is -0.521. The van der Waals surface area contributed by atoms with Crippen LogP contribution in [0.4, 0.5) is 17.8 Å². The molecule has 2 saturated heterocycles. The van der Waals surface area contributed by atoms with Gasteiger partial charge in [0.25, 0.3) is 0 Å². The van der Waals surface area contributed by atoms with Gasteiger partial charge in [-0.25, -0.2) is 9.36 Å². The van der Waals surface area contributed by atoms with Crippen molar-refractivity contribution in [3.63, 3.8) is 0 Å². The number of ether oxygens (including phenoxy) is 3. The van der Waals surface area contributed by atoms with Gasteiger partial charge in [0.2, 0.25) is 29.7 Å². The number of aromatic nitrogens is 9. The zero-order valence-electron chi connectivity index (χ0n) is 41.4. The molecule has 3 aromatic rings. The number of nitrogens with zero attached hydrogens (tertiary/aromatic N) is 13. The molecule has 0 bridgehead atoms. The van der Waals surface area contributed by atoms with E-state index in [1.807, 2.05) is 22.2 Å². The topological polar surface area (TPSA) is 265 Å². The number of rotatable bonds is 29. The SMILES string of the molecule is C#CCOCCOCCOCCNc1nc(N2CCN(C(=O)[C@H]([C@@H](C)CC)n3cc([C@@H](N)CC(C)C)nn3)CC2)nc(N2CCN(C(=O)[C@H](CCCCN)n3cc([C@@H](N)C(C)CC)nn3)CC2)n1. The Labute approximate surface area is 402 Å². The fraction of sp³-hybridized carbons (Fsp3) is 0.761. The highest BCUT2D eigenvalue weighted by Gasteiger charge is 2.35. The molecular weight excluding hydrogens is 871 g/mol. The third-order valence-electron chi connectivity index (χ3n) is 12.8. The van der Waals surface area contributed by atoms with E-state index in [1.54, 1.807) is 9.36 Å². The van der Waals surface area contributed by atoms with E-state index >= 15 is 0 Å². The predicted molar refractivity (Wildman–Crippen MR) is 260 cm³/mol. The third kappa shape index (κ3) is 15.5. The van der Waals surface area contributed by atoms with Crippen molar-refractivity contribution in [1.29, 1.82) is 0 Å². The van der Waals surface area contributed by atoms with Crippen molar-refractivity contribution < 1.29 is 23.8 Å². The maximum Gasteiger partial charge on any atom is 0.247 e. The van der Waals surface area contributed by atoms with Crippen molar-refractivity contribution in [3.05, 3.63) is 23.8 Å². The van der Waals surface area contributed by atoms with E-state index in [0.717, 1.165) is 32.1 Å². The Balaban J connectivity index is 1.26. The summed E-state index contributed by atoms with van der Waals surface area (Å²) in [6, 6.07) is -1.54. The lowest BCUT2D eigenvalue weighted by molar-refractivity contribution is -0.137. The maximum absolute atomic E-state index is 14.3. The number of hydrogen-bond donors (Lipinski definition) is 4. The smallest absolute Gasteiger partial charge is 0.247 e. The molecule has 22 heteroatoms. The van der Waals surface area contributed by atoms with Crippen LogP contribution >= 0.6 is 0 Å². The highest BCUT2D eigenvalue weighted by atomic mass is 16.5. The molecule has 0 aliphatic carbocycles. The number of carbonyl (C=O) groups excluding carboxylic acids is 2. The molecule has 7 N–H and O–H groups in total. The molecule has 5 rings (SSSR count). The monoisotopic (exact) mass is 950 g/mol. The van der Waals surface area contributed by atoms with Crippen molar-refractivity contribution in [2.75, 3.05) is 120 Å². The number of hydrogen-bond acceptors (Lipinski definition) is 18. The Morgan fingerprint density at radius 3 is 1.88 bits per heavy atom. The molecule has 22 nitrogen and oxygen atoms in total. The summed E-state index contributed by atoms with van der Waals surface area (Å²) in [5.74, 6) is 4.47. The first-order valence-electron chi connectivity index (χ1n) is 24.7. The van der Waals surface area contributed by atoms with Gasteiger partial charge in [0.05, 0.1) is 68.9 Å². The van der Waals surface area contributed by atoms with E-state index in [-0.39, 0.29) is 42.3 Å². The van der Waals surface area contributed by atoms with Crippen LogP contribution in [0.25, 0.3) is 0 Å². The van der Waals surface area contributed by atoms with Gasteiger partial charge in [0.1, 0.15) is 18.7 Å². The zero-order chi connectivity index (χ0) is 49.0. The predicted octanol–water partition coefficient (Wildman–Crippen LogP) is 2.20. The molecule has 2 aliphatic heterocycles. The Morgan fingerprint density at radius 1 is 0.735 bits per heavy atom. The standard InChI is InChI=1S/C46H79N17O5/c1-8-24-66-26-28-68-29-27-67-25-15-50-44-51-45(60-20-16-58(17-21-60)42(64)39(13-11-12-14-47)62-32-38(55-56-62)40(49)34(6)9-2)53-46(52-44)61-22-18-59(19-23-61)43(65)41(35(7)10-3)63-31-37(54-57-63)36(48)30-33(4)5/h1,31-36,39-41H,9-30,47-49H2,2-7H3,(H,50,51,52,53)/t34?,35-,36-,39-,40-,41-/m0/s1. The van der Waals surface area contributed by atoms with Crippen molar-refractivity contribution in [2.24, 2.45) is 35.0 Å². The van der Waals surface area contributed by atoms with Crippen LogP contribution in [0.3, 0.4) is 0 Å². The summed E-state index contributed by atoms with van der Waals surface area (Å²) < 4.78 is 20.0. The van der Waals surface area contributed by atoms with Gasteiger partial charge < -0.3 is 56.3 Å². The van der Waals surface area contributed by atoms with E-state index in [2.05, 4.69) is 83.2 Å². The van der Waals surface area contributed by atoms with Crippen LogP contribution in [0.2, 0.25) is 0 Å². The fourth-order valence-electron chi connectivity index (χ4n) is 8.23. The summed E-state index contributed by atoms with van der Waals surface area (Å²) in [5, 5.41) is 20.9. The Morgan fingerprint density at radius 2 is 1.29 bits per heavy atom. The van der Waals surface area contributed by atoms with Gasteiger partial charge in [0.15, 0.2) is 0 Å². The second-order valence-corrected chi connectivity index (χ2v) is 18.3. The normalized spacial score (nSPS) is 17.2. The van der Waals surface area contributed by atoms with Gasteiger partial charge in [-0.05, 0) is 50.0 Å². The first kappa shape index (κ1) is 53.9. The molecule has 0 spiro atoms. The summed E-state index contributed by atoms with van der Waals surface area (Å²) in [4.78, 5) is 51.2. The number of anilines is 3. The largest absolute Gasteiger partial charge is 0.377 e. The molecule has 1 unspecified atom stereocenters. The second-order valence-electron chi connectivity index (χ2n) is 18.3. The Kier molecular flexibility index (Phi) is 22.1. The number of unbranched alkanes of at least 4 members (excludes halogenated alkanes) is 1. The summed E-state index contributed by atoms with van der Waals surface area (Å²) in [6.45, 7) is 19.8. The molecule has 68 heavy (non-hydrogen) atoms. The van der Waals surface area contributed by atoms with Crippen molar-refractivity contribution in [3.8, 4) is 12.3 Å². The molecule has 378 valence electrons. The number of terminal acetylenes is 1. The summed E-state index contributed by atoms with van der Waals surface area (Å²) in [7, 11) is 0. The van der Waals surface area contributed by atoms with Crippen LogP contribution in [0.1, 0.15) is 116 Å². The molecule has 0 aromatic carbocycles. The van der Waals surface area contributed by atoms with Gasteiger partial charge in [-0.1, -0.05) is 70.7 Å². The van der Waals surface area contributed by atoms with Crippen LogP contribution in [0, 0.1) is 30.1 Å². The van der Waals surface area contributed by atoms with E-state index in [9.17, 15) is 9.59 Å². The van der Waals surface area contributed by atoms with E-state index in [1.165, 1.54) is 0 Å². The van der Waals surface area contributed by atoms with Crippen LogP contribution in [-0.4, -0.2) is 172 Å². The summed E-state index contributed by atoms with van der Waals surface area (Å²) >= 11 is 0. The van der Waals surface area contributed by atoms with Gasteiger partial charge in [0, 0.05) is 58.9 Å². The lowest BCUT2D eigenvalue weighted by Gasteiger charge is -2.38. The lowest BCUT2D eigenvalue weighted by Crippen LogP contribution is -2.52. The zero-order valence-corrected chi connectivity index (χ0v) is 41.4. The Bertz CT molecular complexity index is 1990. The van der Waals surface area contributed by atoms with Crippen molar-refractivity contribution in [1.82, 2.24) is 54.7 Å². The van der Waals surface area contributed by atoms with E-state index in [4.69, 9.17) is 52.8 Å². The Hall–Kier alpha value is -5.05. The van der Waals surface area contributed by atoms with E-state index < -0.39 is 12.1 Å². The molecule has 0 radical (unpaired) electrons. The van der Waals surface area contributed by atoms with Crippen molar-refractivity contribution in [2.45, 2.75) is 104 Å². The van der Waals surface area contributed by atoms with Gasteiger partial charge in [-0.3, -0.25) is 9.59 Å². The van der Waals surface area contributed by atoms with Crippen LogP contribution in [-0.2, 0) is 23.8 Å². The van der Waals surface area contributed by atoms with E-state index in [0.29, 0.717) is 140 Å². The molecule has 2 aliphatic rings. The summed E-state index contributed by atoms with van der Waals surface area (Å²) in [5.41, 5.74) is 20.2. The first-order valence-corrected chi connectivity index (χ1v) is 24.7. The molecule has 5 heterocycles. The van der Waals surface area contributed by atoms with Crippen LogP contribution in [0.5, 0.6) is 0 Å². The molecule has 3 aromatic heterocycles. The molecule has 2 fully saturated rings. The minimum Gasteiger partial charge on any atom is -0.377 e. The molecule has 6 atom stereocenters. The number of nitrogens with one attached hydrogen (secondary N) is 1. The molecular formula is C46H79N17O5. The lowest BCUT2D eigenvalue weighted by atomic mass is 9.97. The second kappa shape index (κ2) is 27.8. The number of amides is 2. The van der Waals surface area contributed by atoms with Crippen LogP contribution < -0.4 is 32.3 Å². The average Bonchev–Trinajstić information content (AvgIpc) is 4.05. The number of carbonyl (C=O) groups is 2. The van der Waals surface area contributed by atoms with Gasteiger partial charge in [-0.15, -0.1) is 16.6 Å². The number of piperazine rings is 2. The maximum atomic E-state index is 14.3. The van der Waals surface area contributed by atoms with Gasteiger partial charge in [-0.2, -0.15) is 15.0 Å².